The predicted octanol–water partition coefficient (Wildman–Crippen LogP) is 1.54. The lowest BCUT2D eigenvalue weighted by molar-refractivity contribution is 0.462. The largest absolute Gasteiger partial charge is 0.508 e. The van der Waals surface area contributed by atoms with E-state index in [9.17, 15) is 5.11 Å². The molecule has 0 spiro atoms. The monoisotopic (exact) mass is 165 g/mol. The van der Waals surface area contributed by atoms with Crippen molar-refractivity contribution in [2.24, 2.45) is 0 Å². The van der Waals surface area contributed by atoms with E-state index in [0.29, 0.717) is 11.8 Å². The molecule has 0 aliphatic carbocycles. The zero-order valence-electron chi connectivity index (χ0n) is 7.54. The van der Waals surface area contributed by atoms with Crippen molar-refractivity contribution >= 4 is 0 Å². The fourth-order valence-corrected chi connectivity index (χ4v) is 1.12. The van der Waals surface area contributed by atoms with Crippen molar-refractivity contribution in [3.05, 3.63) is 29.8 Å². The lowest BCUT2D eigenvalue weighted by atomic mass is 10.1. The zero-order chi connectivity index (χ0) is 8.97. The highest BCUT2D eigenvalue weighted by Gasteiger charge is 2.03. The average Bonchev–Trinajstić information content (AvgIpc) is 2.09. The summed E-state index contributed by atoms with van der Waals surface area (Å²) in [6.07, 6.45) is 0.864. The molecule has 2 N–H and O–H groups in total. The van der Waals surface area contributed by atoms with Crippen molar-refractivity contribution in [2.45, 2.75) is 19.4 Å². The predicted molar refractivity (Wildman–Crippen MR) is 50.3 cm³/mol. The smallest absolute Gasteiger partial charge is 0.118 e. The third kappa shape index (κ3) is 2.24. The molecule has 0 heterocycles. The molecule has 1 unspecified atom stereocenters. The van der Waals surface area contributed by atoms with E-state index in [4.69, 9.17) is 0 Å². The van der Waals surface area contributed by atoms with Crippen molar-refractivity contribution in [1.29, 1.82) is 0 Å². The van der Waals surface area contributed by atoms with Gasteiger partial charge in [0.1, 0.15) is 5.75 Å². The van der Waals surface area contributed by atoms with Gasteiger partial charge in [0.05, 0.1) is 0 Å². The van der Waals surface area contributed by atoms with Gasteiger partial charge in [-0.1, -0.05) is 18.2 Å². The summed E-state index contributed by atoms with van der Waals surface area (Å²) >= 11 is 0. The Bertz CT molecular complexity index is 247. The van der Waals surface area contributed by atoms with Crippen LogP contribution in [0, 0.1) is 0 Å². The van der Waals surface area contributed by atoms with Crippen molar-refractivity contribution in [3.8, 4) is 5.75 Å². The minimum Gasteiger partial charge on any atom is -0.508 e. The van der Waals surface area contributed by atoms with Crippen LogP contribution in [-0.2, 0) is 6.42 Å². The number of phenolic OH excluding ortho intramolecular Hbond substituents is 1. The minimum atomic E-state index is 0.389. The highest BCUT2D eigenvalue weighted by atomic mass is 16.3. The third-order valence-corrected chi connectivity index (χ3v) is 2.01. The van der Waals surface area contributed by atoms with Gasteiger partial charge in [-0.25, -0.2) is 0 Å². The van der Waals surface area contributed by atoms with E-state index in [-0.39, 0.29) is 0 Å². The molecule has 2 heteroatoms. The zero-order valence-corrected chi connectivity index (χ0v) is 7.54. The van der Waals surface area contributed by atoms with Gasteiger partial charge in [-0.15, -0.1) is 0 Å². The number of likely N-dealkylation sites (N-methyl/N-ethyl adjacent to an activating group) is 1. The molecule has 1 aromatic rings. The maximum Gasteiger partial charge on any atom is 0.118 e. The van der Waals surface area contributed by atoms with E-state index in [1.54, 1.807) is 6.07 Å². The fourth-order valence-electron chi connectivity index (χ4n) is 1.12. The van der Waals surface area contributed by atoms with Gasteiger partial charge in [-0.2, -0.15) is 0 Å². The Morgan fingerprint density at radius 2 is 2.08 bits per heavy atom. The van der Waals surface area contributed by atoms with Crippen molar-refractivity contribution in [3.63, 3.8) is 0 Å². The Morgan fingerprint density at radius 3 is 2.67 bits per heavy atom. The molecular weight excluding hydrogens is 150 g/mol. The second-order valence-corrected chi connectivity index (χ2v) is 3.02. The molecule has 0 amide bonds. The Labute approximate surface area is 73.2 Å². The summed E-state index contributed by atoms with van der Waals surface area (Å²) in [6, 6.07) is 7.85. The van der Waals surface area contributed by atoms with E-state index in [1.165, 1.54) is 0 Å². The molecule has 1 atom stereocenters. The Kier molecular flexibility index (Phi) is 3.11. The molecule has 66 valence electrons. The number of hydrogen-bond donors (Lipinski definition) is 2. The highest BCUT2D eigenvalue weighted by molar-refractivity contribution is 5.32. The van der Waals surface area contributed by atoms with E-state index in [0.717, 1.165) is 12.0 Å². The first kappa shape index (κ1) is 9.07. The molecule has 0 aliphatic rings. The normalized spacial score (nSPS) is 12.8. The minimum absolute atomic E-state index is 0.389. The maximum atomic E-state index is 9.43. The van der Waals surface area contributed by atoms with Gasteiger partial charge in [0, 0.05) is 6.04 Å². The van der Waals surface area contributed by atoms with Crippen LogP contribution < -0.4 is 5.32 Å². The molecule has 0 saturated carbocycles. The first-order chi connectivity index (χ1) is 5.74. The SMILES string of the molecule is CNC(C)Cc1ccccc1O. The van der Waals surface area contributed by atoms with Gasteiger partial charge in [-0.3, -0.25) is 0 Å². The molecule has 0 aliphatic heterocycles. The number of rotatable bonds is 3. The lowest BCUT2D eigenvalue weighted by Crippen LogP contribution is -2.23. The van der Waals surface area contributed by atoms with Crippen molar-refractivity contribution in [1.82, 2.24) is 5.32 Å². The number of nitrogens with one attached hydrogen (secondary N) is 1. The molecule has 0 bridgehead atoms. The Morgan fingerprint density at radius 1 is 1.42 bits per heavy atom. The van der Waals surface area contributed by atoms with Crippen LogP contribution in [0.5, 0.6) is 5.75 Å². The second-order valence-electron chi connectivity index (χ2n) is 3.02. The van der Waals surface area contributed by atoms with Crippen LogP contribution in [0.1, 0.15) is 12.5 Å². The first-order valence-corrected chi connectivity index (χ1v) is 4.18. The van der Waals surface area contributed by atoms with Crippen molar-refractivity contribution in [2.75, 3.05) is 7.05 Å². The van der Waals surface area contributed by atoms with E-state index in [1.807, 2.05) is 25.2 Å². The van der Waals surface area contributed by atoms with Crippen LogP contribution in [0.4, 0.5) is 0 Å². The Balaban J connectivity index is 2.69. The van der Waals surface area contributed by atoms with Crippen LogP contribution in [0.3, 0.4) is 0 Å². The maximum absolute atomic E-state index is 9.43. The molecule has 0 radical (unpaired) electrons. The molecule has 1 aromatic carbocycles. The number of aromatic hydroxyl groups is 1. The molecule has 0 aromatic heterocycles. The van der Waals surface area contributed by atoms with Crippen LogP contribution in [0.25, 0.3) is 0 Å². The Hall–Kier alpha value is -1.02. The molecule has 0 fully saturated rings. The quantitative estimate of drug-likeness (QED) is 0.712. The summed E-state index contributed by atoms with van der Waals surface area (Å²) in [7, 11) is 1.92. The fraction of sp³-hybridized carbons (Fsp3) is 0.400. The molecule has 12 heavy (non-hydrogen) atoms. The highest BCUT2D eigenvalue weighted by Crippen LogP contribution is 2.16. The molecule has 0 saturated heterocycles. The number of phenols is 1. The van der Waals surface area contributed by atoms with E-state index in [2.05, 4.69) is 12.2 Å². The van der Waals surface area contributed by atoms with E-state index >= 15 is 0 Å². The van der Waals surface area contributed by atoms with Crippen LogP contribution in [0.15, 0.2) is 24.3 Å². The summed E-state index contributed by atoms with van der Waals surface area (Å²) in [5.74, 6) is 0.389. The van der Waals surface area contributed by atoms with Crippen LogP contribution in [0.2, 0.25) is 0 Å². The molecule has 2 nitrogen and oxygen atoms in total. The van der Waals surface area contributed by atoms with Gasteiger partial charge in [0.25, 0.3) is 0 Å². The van der Waals surface area contributed by atoms with Gasteiger partial charge >= 0.3 is 0 Å². The van der Waals surface area contributed by atoms with Gasteiger partial charge in [-0.05, 0) is 32.0 Å². The molecule has 1 rings (SSSR count). The summed E-state index contributed by atoms with van der Waals surface area (Å²) in [5, 5.41) is 12.6. The number of benzene rings is 1. The second kappa shape index (κ2) is 4.12. The average molecular weight is 165 g/mol. The van der Waals surface area contributed by atoms with Gasteiger partial charge in [0.15, 0.2) is 0 Å². The standard InChI is InChI=1S/C10H15NO/c1-8(11-2)7-9-5-3-4-6-10(9)12/h3-6,8,11-12H,7H2,1-2H3. The number of hydrogen-bond acceptors (Lipinski definition) is 2. The van der Waals surface area contributed by atoms with Crippen molar-refractivity contribution < 1.29 is 5.11 Å². The summed E-state index contributed by atoms with van der Waals surface area (Å²) in [5.41, 5.74) is 0.999. The summed E-state index contributed by atoms with van der Waals surface area (Å²) in [4.78, 5) is 0. The van der Waals surface area contributed by atoms with E-state index < -0.39 is 0 Å². The first-order valence-electron chi connectivity index (χ1n) is 4.18. The van der Waals surface area contributed by atoms with Crippen LogP contribution in [-0.4, -0.2) is 18.2 Å². The summed E-state index contributed by atoms with van der Waals surface area (Å²) < 4.78 is 0. The van der Waals surface area contributed by atoms with Crippen LogP contribution >= 0.6 is 0 Å². The topological polar surface area (TPSA) is 32.3 Å². The van der Waals surface area contributed by atoms with Gasteiger partial charge < -0.3 is 10.4 Å². The summed E-state index contributed by atoms with van der Waals surface area (Å²) in [6.45, 7) is 2.09. The number of para-hydroxylation sites is 1. The lowest BCUT2D eigenvalue weighted by Gasteiger charge is -2.10. The molecular formula is C10H15NO. The third-order valence-electron chi connectivity index (χ3n) is 2.01. The van der Waals surface area contributed by atoms with Gasteiger partial charge in [0.2, 0.25) is 0 Å².